The van der Waals surface area contributed by atoms with Crippen LogP contribution in [0.1, 0.15) is 28.8 Å². The number of fused-ring (bicyclic) bond motifs is 1. The fraction of sp³-hybridized carbons (Fsp3) is 0.211. The second-order valence-corrected chi connectivity index (χ2v) is 8.30. The third-order valence-corrected chi connectivity index (χ3v) is 5.90. The van der Waals surface area contributed by atoms with E-state index in [-0.39, 0.29) is 23.1 Å². The van der Waals surface area contributed by atoms with E-state index in [9.17, 15) is 18.0 Å². The van der Waals surface area contributed by atoms with Gasteiger partial charge in [-0.15, -0.1) is 0 Å². The number of hydrogen-bond donors (Lipinski definition) is 3. The van der Waals surface area contributed by atoms with Gasteiger partial charge >= 0.3 is 0 Å². The van der Waals surface area contributed by atoms with Crippen LogP contribution in [0.5, 0.6) is 0 Å². The van der Waals surface area contributed by atoms with Gasteiger partial charge in [-0.3, -0.25) is 19.3 Å². The molecule has 2 aromatic carbocycles. The van der Waals surface area contributed by atoms with Crippen LogP contribution in [-0.2, 0) is 21.2 Å². The van der Waals surface area contributed by atoms with Crippen molar-refractivity contribution in [3.05, 3.63) is 53.6 Å². The molecular weight excluding hydrogens is 380 g/mol. The van der Waals surface area contributed by atoms with Crippen molar-refractivity contribution < 1.29 is 18.0 Å². The Morgan fingerprint density at radius 2 is 2.00 bits per heavy atom. The number of amides is 2. The number of nitrogens with one attached hydrogen (secondary N) is 3. The number of amidine groups is 1. The first-order valence-corrected chi connectivity index (χ1v) is 10.3. The molecule has 3 N–H and O–H groups in total. The molecule has 0 fully saturated rings. The topological polar surface area (TPSA) is 117 Å². The van der Waals surface area contributed by atoms with Gasteiger partial charge in [-0.25, -0.2) is 8.42 Å². The van der Waals surface area contributed by atoms with Gasteiger partial charge in [-0.1, -0.05) is 6.07 Å². The van der Waals surface area contributed by atoms with Crippen LogP contribution in [0.3, 0.4) is 0 Å². The number of anilines is 2. The van der Waals surface area contributed by atoms with Crippen LogP contribution in [0.15, 0.2) is 52.4 Å². The summed E-state index contributed by atoms with van der Waals surface area (Å²) in [5.41, 5.74) is 2.21. The summed E-state index contributed by atoms with van der Waals surface area (Å²) in [7, 11) is -3.76. The molecule has 28 heavy (non-hydrogen) atoms. The lowest BCUT2D eigenvalue weighted by Crippen LogP contribution is -2.29. The number of carbonyl (C=O) groups is 2. The summed E-state index contributed by atoms with van der Waals surface area (Å²) in [6.07, 6.45) is 1.67. The Kier molecular flexibility index (Phi) is 4.60. The van der Waals surface area contributed by atoms with Crippen LogP contribution in [0.4, 0.5) is 11.4 Å². The monoisotopic (exact) mass is 398 g/mol. The van der Waals surface area contributed by atoms with E-state index in [2.05, 4.69) is 20.3 Å². The fourth-order valence-electron chi connectivity index (χ4n) is 3.15. The summed E-state index contributed by atoms with van der Waals surface area (Å²) in [5.74, 6) is -0.0367. The third-order valence-electron chi connectivity index (χ3n) is 4.52. The van der Waals surface area contributed by atoms with E-state index in [1.54, 1.807) is 30.3 Å². The van der Waals surface area contributed by atoms with Crippen molar-refractivity contribution in [1.82, 2.24) is 4.72 Å². The van der Waals surface area contributed by atoms with Gasteiger partial charge in [0.05, 0.1) is 11.3 Å². The lowest BCUT2D eigenvalue weighted by Gasteiger charge is -2.10. The van der Waals surface area contributed by atoms with Crippen molar-refractivity contribution in [2.45, 2.75) is 24.2 Å². The van der Waals surface area contributed by atoms with Gasteiger partial charge in [0, 0.05) is 29.9 Å². The summed E-state index contributed by atoms with van der Waals surface area (Å²) < 4.78 is 27.5. The lowest BCUT2D eigenvalue weighted by atomic mass is 10.1. The number of rotatable bonds is 4. The predicted molar refractivity (Wildman–Crippen MR) is 105 cm³/mol. The highest BCUT2D eigenvalue weighted by Gasteiger charge is 2.21. The second kappa shape index (κ2) is 7.08. The highest BCUT2D eigenvalue weighted by molar-refractivity contribution is 7.90. The second-order valence-electron chi connectivity index (χ2n) is 6.62. The Bertz CT molecular complexity index is 1110. The van der Waals surface area contributed by atoms with Crippen molar-refractivity contribution in [3.8, 4) is 0 Å². The fourth-order valence-corrected chi connectivity index (χ4v) is 4.29. The summed E-state index contributed by atoms with van der Waals surface area (Å²) in [5, 5.41) is 5.41. The number of nitrogens with zero attached hydrogens (tertiary/aromatic N) is 1. The van der Waals surface area contributed by atoms with Crippen LogP contribution in [0.2, 0.25) is 0 Å². The highest BCUT2D eigenvalue weighted by Crippen LogP contribution is 2.24. The zero-order valence-electron chi connectivity index (χ0n) is 14.9. The Balaban J connectivity index is 1.51. The zero-order valence-corrected chi connectivity index (χ0v) is 15.7. The van der Waals surface area contributed by atoms with Gasteiger partial charge in [-0.05, 0) is 48.4 Å². The molecule has 9 heteroatoms. The molecule has 0 saturated carbocycles. The van der Waals surface area contributed by atoms with Gasteiger partial charge in [0.1, 0.15) is 5.84 Å². The van der Waals surface area contributed by atoms with E-state index in [1.165, 1.54) is 12.1 Å². The lowest BCUT2D eigenvalue weighted by molar-refractivity contribution is -0.115. The molecule has 0 bridgehead atoms. The largest absolute Gasteiger partial charge is 0.326 e. The summed E-state index contributed by atoms with van der Waals surface area (Å²) in [6, 6.07) is 11.0. The summed E-state index contributed by atoms with van der Waals surface area (Å²) >= 11 is 0. The molecule has 2 heterocycles. The average molecular weight is 398 g/mol. The molecule has 0 unspecified atom stereocenters. The Morgan fingerprint density at radius 1 is 1.14 bits per heavy atom. The van der Waals surface area contributed by atoms with Gasteiger partial charge < -0.3 is 10.6 Å². The van der Waals surface area contributed by atoms with Crippen molar-refractivity contribution >= 4 is 39.0 Å². The van der Waals surface area contributed by atoms with Crippen molar-refractivity contribution in [3.63, 3.8) is 0 Å². The molecule has 0 radical (unpaired) electrons. The normalized spacial score (nSPS) is 15.6. The Labute approximate surface area is 162 Å². The molecule has 144 valence electrons. The van der Waals surface area contributed by atoms with E-state index in [1.807, 2.05) is 0 Å². The average Bonchev–Trinajstić information content (AvgIpc) is 3.29. The van der Waals surface area contributed by atoms with Crippen LogP contribution in [-0.4, -0.2) is 32.6 Å². The molecule has 0 aromatic heterocycles. The smallest absolute Gasteiger partial charge is 0.262 e. The highest BCUT2D eigenvalue weighted by atomic mass is 32.2. The molecule has 4 rings (SSSR count). The molecule has 2 amide bonds. The van der Waals surface area contributed by atoms with Crippen molar-refractivity contribution in [2.75, 3.05) is 17.2 Å². The van der Waals surface area contributed by atoms with Gasteiger partial charge in [-0.2, -0.15) is 0 Å². The first-order valence-electron chi connectivity index (χ1n) is 8.81. The number of hydrogen-bond acceptors (Lipinski definition) is 5. The summed E-state index contributed by atoms with van der Waals surface area (Å²) in [4.78, 5) is 28.1. The first kappa shape index (κ1) is 18.2. The van der Waals surface area contributed by atoms with E-state index in [0.717, 1.165) is 12.0 Å². The van der Waals surface area contributed by atoms with Gasteiger partial charge in [0.25, 0.3) is 15.9 Å². The van der Waals surface area contributed by atoms with Crippen molar-refractivity contribution in [1.29, 1.82) is 0 Å². The molecule has 0 spiro atoms. The van der Waals surface area contributed by atoms with Gasteiger partial charge in [0.15, 0.2) is 0 Å². The minimum atomic E-state index is -3.76. The van der Waals surface area contributed by atoms with E-state index < -0.39 is 10.0 Å². The Morgan fingerprint density at radius 3 is 2.79 bits per heavy atom. The van der Waals surface area contributed by atoms with Crippen molar-refractivity contribution in [2.24, 2.45) is 4.99 Å². The SMILES string of the molecule is O=C1Cc2cc(C(=O)Nc3cccc(S(=O)(=O)NC4=NCCC4)c3)ccc2N1. The zero-order chi connectivity index (χ0) is 19.7. The minimum absolute atomic E-state index is 0.0450. The standard InChI is InChI=1S/C19H18N4O4S/c24-18-10-13-9-12(6-7-16(13)22-18)19(25)21-14-3-1-4-15(11-14)28(26,27)23-17-5-2-8-20-17/h1,3-4,6-7,9,11H,2,5,8,10H2,(H,20,23)(H,21,25)(H,22,24). The third kappa shape index (κ3) is 3.74. The maximum atomic E-state index is 12.5. The van der Waals surface area contributed by atoms with Gasteiger partial charge in [0.2, 0.25) is 5.91 Å². The Hall–Kier alpha value is -3.20. The molecule has 0 aliphatic carbocycles. The number of carbonyl (C=O) groups excluding carboxylic acids is 2. The summed E-state index contributed by atoms with van der Waals surface area (Å²) in [6.45, 7) is 0.621. The van der Waals surface area contributed by atoms with Crippen LogP contribution < -0.4 is 15.4 Å². The van der Waals surface area contributed by atoms with Crippen LogP contribution in [0.25, 0.3) is 0 Å². The number of benzene rings is 2. The predicted octanol–water partition coefficient (Wildman–Crippen LogP) is 1.90. The minimum Gasteiger partial charge on any atom is -0.326 e. The molecule has 2 aromatic rings. The van der Waals surface area contributed by atoms with Crippen LogP contribution in [0, 0.1) is 0 Å². The maximum absolute atomic E-state index is 12.5. The van der Waals surface area contributed by atoms with E-state index >= 15 is 0 Å². The molecule has 2 aliphatic heterocycles. The molecule has 0 atom stereocenters. The molecule has 0 saturated heterocycles. The first-order chi connectivity index (χ1) is 13.4. The molecular formula is C19H18N4O4S. The van der Waals surface area contributed by atoms with Crippen LogP contribution >= 0.6 is 0 Å². The number of sulfonamides is 1. The van der Waals surface area contributed by atoms with E-state index in [0.29, 0.717) is 35.7 Å². The van der Waals surface area contributed by atoms with E-state index in [4.69, 9.17) is 0 Å². The quantitative estimate of drug-likeness (QED) is 0.729. The maximum Gasteiger partial charge on any atom is 0.262 e. The molecule has 2 aliphatic rings. The molecule has 8 nitrogen and oxygen atoms in total. The number of aliphatic imine (C=N–C) groups is 1.